The fourth-order valence-corrected chi connectivity index (χ4v) is 4.26. The summed E-state index contributed by atoms with van der Waals surface area (Å²) in [5, 5.41) is 3.07. The Morgan fingerprint density at radius 1 is 1.25 bits per heavy atom. The van der Waals surface area contributed by atoms with Gasteiger partial charge in [-0.1, -0.05) is 26.7 Å². The van der Waals surface area contributed by atoms with Crippen molar-refractivity contribution in [2.45, 2.75) is 59.8 Å². The van der Waals surface area contributed by atoms with Gasteiger partial charge in [-0.05, 0) is 62.8 Å². The maximum atomic E-state index is 12.8. The number of carbonyl (C=O) groups excluding carboxylic acids is 1. The van der Waals surface area contributed by atoms with Crippen molar-refractivity contribution in [2.24, 2.45) is 10.9 Å². The summed E-state index contributed by atoms with van der Waals surface area (Å²) in [6, 6.07) is 6.07. The van der Waals surface area contributed by atoms with Crippen molar-refractivity contribution in [2.75, 3.05) is 25.1 Å². The number of benzene rings is 1. The van der Waals surface area contributed by atoms with Crippen molar-refractivity contribution < 1.29 is 9.53 Å². The minimum atomic E-state index is -0.136. The molecule has 2 aromatic rings. The van der Waals surface area contributed by atoms with Crippen LogP contribution in [0.3, 0.4) is 0 Å². The SMILES string of the molecule is CCCC(CCC)CNC(=O)/C(C)=N/c1c(C)ncnc1N1CCc2cc(OC)ccc21. The van der Waals surface area contributed by atoms with E-state index in [1.807, 2.05) is 19.1 Å². The molecule has 32 heavy (non-hydrogen) atoms. The smallest absolute Gasteiger partial charge is 0.265 e. The molecule has 172 valence electrons. The van der Waals surface area contributed by atoms with Gasteiger partial charge in [0.15, 0.2) is 5.82 Å². The maximum Gasteiger partial charge on any atom is 0.265 e. The quantitative estimate of drug-likeness (QED) is 0.534. The van der Waals surface area contributed by atoms with Crippen LogP contribution >= 0.6 is 0 Å². The van der Waals surface area contributed by atoms with Crippen LogP contribution in [0.5, 0.6) is 5.75 Å². The van der Waals surface area contributed by atoms with Crippen molar-refractivity contribution in [3.8, 4) is 5.75 Å². The first-order chi connectivity index (χ1) is 15.5. The number of fused-ring (bicyclic) bond motifs is 1. The summed E-state index contributed by atoms with van der Waals surface area (Å²) < 4.78 is 5.36. The van der Waals surface area contributed by atoms with Crippen LogP contribution in [0.1, 0.15) is 57.7 Å². The van der Waals surface area contributed by atoms with E-state index < -0.39 is 0 Å². The molecule has 0 bridgehead atoms. The Morgan fingerprint density at radius 2 is 2.00 bits per heavy atom. The van der Waals surface area contributed by atoms with Crippen molar-refractivity contribution in [1.29, 1.82) is 0 Å². The highest BCUT2D eigenvalue weighted by Crippen LogP contribution is 2.40. The third-order valence-electron chi connectivity index (χ3n) is 5.98. The molecule has 0 unspecified atom stereocenters. The topological polar surface area (TPSA) is 79.7 Å². The van der Waals surface area contributed by atoms with Gasteiger partial charge in [-0.2, -0.15) is 0 Å². The fourth-order valence-electron chi connectivity index (χ4n) is 4.26. The van der Waals surface area contributed by atoms with Gasteiger partial charge in [0.1, 0.15) is 23.5 Å². The van der Waals surface area contributed by atoms with E-state index in [4.69, 9.17) is 9.73 Å². The average molecular weight is 438 g/mol. The lowest BCUT2D eigenvalue weighted by molar-refractivity contribution is -0.115. The Hall–Kier alpha value is -2.96. The number of aliphatic imine (C=N–C) groups is 1. The summed E-state index contributed by atoms with van der Waals surface area (Å²) in [5.41, 5.74) is 4.11. The minimum Gasteiger partial charge on any atom is -0.497 e. The molecule has 7 nitrogen and oxygen atoms in total. The van der Waals surface area contributed by atoms with Crippen LogP contribution in [-0.2, 0) is 11.2 Å². The summed E-state index contributed by atoms with van der Waals surface area (Å²) in [6.07, 6.45) is 6.95. The number of rotatable bonds is 10. The zero-order valence-electron chi connectivity index (χ0n) is 19.9. The number of amides is 1. The third-order valence-corrected chi connectivity index (χ3v) is 5.98. The summed E-state index contributed by atoms with van der Waals surface area (Å²) in [4.78, 5) is 28.5. The molecule has 0 spiro atoms. The molecule has 1 aromatic heterocycles. The Labute approximate surface area is 191 Å². The molecule has 0 radical (unpaired) electrons. The molecular weight excluding hydrogens is 402 g/mol. The Bertz CT molecular complexity index is 967. The molecule has 0 aliphatic carbocycles. The van der Waals surface area contributed by atoms with Gasteiger partial charge < -0.3 is 15.0 Å². The molecule has 2 heterocycles. The van der Waals surface area contributed by atoms with Crippen molar-refractivity contribution in [1.82, 2.24) is 15.3 Å². The third kappa shape index (κ3) is 5.44. The fraction of sp³-hybridized carbons (Fsp3) is 0.520. The maximum absolute atomic E-state index is 12.8. The van der Waals surface area contributed by atoms with E-state index in [1.165, 1.54) is 5.56 Å². The van der Waals surface area contributed by atoms with Gasteiger partial charge in [-0.25, -0.2) is 15.0 Å². The monoisotopic (exact) mass is 437 g/mol. The van der Waals surface area contributed by atoms with Crippen molar-refractivity contribution in [3.05, 3.63) is 35.8 Å². The first kappa shape index (κ1) is 23.7. The number of carbonyl (C=O) groups is 1. The van der Waals surface area contributed by atoms with Gasteiger partial charge in [-0.15, -0.1) is 0 Å². The number of nitrogens with one attached hydrogen (secondary N) is 1. The molecular formula is C25H35N5O2. The minimum absolute atomic E-state index is 0.136. The number of hydrogen-bond acceptors (Lipinski definition) is 6. The van der Waals surface area contributed by atoms with E-state index in [1.54, 1.807) is 20.4 Å². The number of aryl methyl sites for hydroxylation is 1. The Morgan fingerprint density at radius 3 is 2.69 bits per heavy atom. The van der Waals surface area contributed by atoms with Gasteiger partial charge >= 0.3 is 0 Å². The first-order valence-electron chi connectivity index (χ1n) is 11.6. The van der Waals surface area contributed by atoms with Gasteiger partial charge in [0, 0.05) is 18.8 Å². The molecule has 0 atom stereocenters. The van der Waals surface area contributed by atoms with Gasteiger partial charge in [0.25, 0.3) is 5.91 Å². The van der Waals surface area contributed by atoms with Crippen molar-refractivity contribution >= 4 is 28.8 Å². The van der Waals surface area contributed by atoms with E-state index in [9.17, 15) is 4.79 Å². The highest BCUT2D eigenvalue weighted by Gasteiger charge is 2.25. The molecule has 3 rings (SSSR count). The molecule has 1 aromatic carbocycles. The summed E-state index contributed by atoms with van der Waals surface area (Å²) in [6.45, 7) is 9.50. The summed E-state index contributed by atoms with van der Waals surface area (Å²) in [7, 11) is 1.68. The van der Waals surface area contributed by atoms with E-state index in [0.717, 1.165) is 61.6 Å². The second-order valence-corrected chi connectivity index (χ2v) is 8.38. The van der Waals surface area contributed by atoms with Crippen LogP contribution in [0, 0.1) is 12.8 Å². The molecule has 1 N–H and O–H groups in total. The zero-order valence-corrected chi connectivity index (χ0v) is 19.9. The highest BCUT2D eigenvalue weighted by molar-refractivity contribution is 6.38. The summed E-state index contributed by atoms with van der Waals surface area (Å²) >= 11 is 0. The Balaban J connectivity index is 1.82. The number of ether oxygens (including phenoxy) is 1. The Kier molecular flexibility index (Phi) is 8.20. The lowest BCUT2D eigenvalue weighted by atomic mass is 9.98. The average Bonchev–Trinajstić information content (AvgIpc) is 3.21. The van der Waals surface area contributed by atoms with Crippen molar-refractivity contribution in [3.63, 3.8) is 0 Å². The van der Waals surface area contributed by atoms with Crippen LogP contribution < -0.4 is 15.0 Å². The van der Waals surface area contributed by atoms with Gasteiger partial charge in [0.2, 0.25) is 0 Å². The second-order valence-electron chi connectivity index (χ2n) is 8.38. The van der Waals surface area contributed by atoms with Crippen LogP contribution in [0.2, 0.25) is 0 Å². The molecule has 7 heteroatoms. The lowest BCUT2D eigenvalue weighted by Gasteiger charge is -2.21. The van der Waals surface area contributed by atoms with Crippen LogP contribution in [0.25, 0.3) is 0 Å². The van der Waals surface area contributed by atoms with Gasteiger partial charge in [-0.3, -0.25) is 4.79 Å². The standard InChI is InChI=1S/C25H35N5O2/c1-6-8-19(9-7-2)15-26-25(31)18(4)29-23-17(3)27-16-28-24(23)30-13-12-20-14-21(32-5)10-11-22(20)30/h10-11,14,16,19H,6-9,12-13,15H2,1-5H3,(H,26,31)/b29-18+. The molecule has 1 amide bonds. The van der Waals surface area contributed by atoms with Gasteiger partial charge in [0.05, 0.1) is 12.8 Å². The van der Waals surface area contributed by atoms with Crippen LogP contribution in [0.15, 0.2) is 29.5 Å². The normalized spacial score (nSPS) is 13.4. The first-order valence-corrected chi connectivity index (χ1v) is 11.6. The van der Waals surface area contributed by atoms with E-state index in [2.05, 4.69) is 40.1 Å². The number of aromatic nitrogens is 2. The largest absolute Gasteiger partial charge is 0.497 e. The van der Waals surface area contributed by atoms with E-state index in [-0.39, 0.29) is 5.91 Å². The predicted octanol–water partition coefficient (Wildman–Crippen LogP) is 4.91. The number of hydrogen-bond donors (Lipinski definition) is 1. The van der Waals surface area contributed by atoms with Crippen LogP contribution in [0.4, 0.5) is 17.2 Å². The second kappa shape index (κ2) is 11.1. The number of anilines is 2. The van der Waals surface area contributed by atoms with E-state index in [0.29, 0.717) is 23.9 Å². The highest BCUT2D eigenvalue weighted by atomic mass is 16.5. The molecule has 0 saturated heterocycles. The molecule has 1 aliphatic heterocycles. The molecule has 0 saturated carbocycles. The number of methoxy groups -OCH3 is 1. The lowest BCUT2D eigenvalue weighted by Crippen LogP contribution is -2.33. The number of nitrogens with zero attached hydrogens (tertiary/aromatic N) is 4. The molecule has 1 aliphatic rings. The zero-order chi connectivity index (χ0) is 23.1. The van der Waals surface area contributed by atoms with E-state index >= 15 is 0 Å². The summed E-state index contributed by atoms with van der Waals surface area (Å²) in [5.74, 6) is 1.95. The van der Waals surface area contributed by atoms with Crippen LogP contribution in [-0.4, -0.2) is 41.8 Å². The predicted molar refractivity (Wildman–Crippen MR) is 130 cm³/mol. The molecule has 0 fully saturated rings.